The summed E-state index contributed by atoms with van der Waals surface area (Å²) in [5.41, 5.74) is 0.366. The molecular weight excluding hydrogens is 368 g/mol. The average Bonchev–Trinajstić information content (AvgIpc) is 3.12. The van der Waals surface area contributed by atoms with Gasteiger partial charge in [-0.1, -0.05) is 38.3 Å². The maximum Gasteiger partial charge on any atom is 0.251 e. The summed E-state index contributed by atoms with van der Waals surface area (Å²) in [5.74, 6) is 0.839. The summed E-state index contributed by atoms with van der Waals surface area (Å²) in [6.45, 7) is 4.83. The summed E-state index contributed by atoms with van der Waals surface area (Å²) in [6.07, 6.45) is 4.67. The number of methoxy groups -OCH3 is 1. The van der Waals surface area contributed by atoms with Gasteiger partial charge in [0.05, 0.1) is 18.7 Å². The van der Waals surface area contributed by atoms with Crippen molar-refractivity contribution >= 4 is 23.4 Å². The van der Waals surface area contributed by atoms with Crippen molar-refractivity contribution in [2.75, 3.05) is 20.3 Å². The third-order valence-corrected chi connectivity index (χ3v) is 4.69. The van der Waals surface area contributed by atoms with Gasteiger partial charge in [-0.2, -0.15) is 0 Å². The second-order valence-electron chi connectivity index (χ2n) is 7.25. The lowest BCUT2D eigenvalue weighted by Gasteiger charge is -2.15. The number of carbonyl (C=O) groups is 2. The van der Waals surface area contributed by atoms with E-state index in [4.69, 9.17) is 21.1 Å². The van der Waals surface area contributed by atoms with Gasteiger partial charge in [0.2, 0.25) is 5.91 Å². The molecule has 0 saturated heterocycles. The molecule has 0 unspecified atom stereocenters. The third-order valence-electron chi connectivity index (χ3n) is 4.41. The Hall–Kier alpha value is -1.95. The Morgan fingerprint density at radius 2 is 1.96 bits per heavy atom. The molecule has 1 aliphatic carbocycles. The molecule has 0 bridgehead atoms. The fourth-order valence-electron chi connectivity index (χ4n) is 3.00. The molecule has 0 spiro atoms. The Morgan fingerprint density at radius 3 is 2.59 bits per heavy atom. The van der Waals surface area contributed by atoms with Crippen LogP contribution in [0.5, 0.6) is 11.5 Å². The predicted octanol–water partition coefficient (Wildman–Crippen LogP) is 3.56. The molecular formula is C20H29ClN2O4. The quantitative estimate of drug-likeness (QED) is 0.669. The van der Waals surface area contributed by atoms with Crippen molar-refractivity contribution in [1.29, 1.82) is 0 Å². The fourth-order valence-corrected chi connectivity index (χ4v) is 3.27. The van der Waals surface area contributed by atoms with E-state index in [-0.39, 0.29) is 30.8 Å². The van der Waals surface area contributed by atoms with Crippen molar-refractivity contribution in [3.8, 4) is 11.5 Å². The SMILES string of the molecule is COc1cc(C(=O)NCCC(=O)NC2CCCC2)cc(Cl)c1OCC(C)C. The van der Waals surface area contributed by atoms with E-state index in [0.29, 0.717) is 34.6 Å². The van der Waals surface area contributed by atoms with Gasteiger partial charge in [0.15, 0.2) is 11.5 Å². The molecule has 1 fully saturated rings. The first kappa shape index (κ1) is 21.4. The number of benzene rings is 1. The minimum atomic E-state index is -0.306. The normalized spacial score (nSPS) is 14.3. The van der Waals surface area contributed by atoms with E-state index in [1.807, 2.05) is 13.8 Å². The lowest BCUT2D eigenvalue weighted by Crippen LogP contribution is -2.35. The van der Waals surface area contributed by atoms with E-state index in [0.717, 1.165) is 12.8 Å². The lowest BCUT2D eigenvalue weighted by atomic mass is 10.1. The van der Waals surface area contributed by atoms with Crippen LogP contribution in [0.4, 0.5) is 0 Å². The van der Waals surface area contributed by atoms with Gasteiger partial charge in [-0.15, -0.1) is 0 Å². The molecule has 0 aromatic heterocycles. The summed E-state index contributed by atoms with van der Waals surface area (Å²) in [6, 6.07) is 3.43. The van der Waals surface area contributed by atoms with Gasteiger partial charge in [0, 0.05) is 24.6 Å². The molecule has 2 amide bonds. The third kappa shape index (κ3) is 6.61. The van der Waals surface area contributed by atoms with Crippen LogP contribution < -0.4 is 20.1 Å². The maximum atomic E-state index is 12.4. The number of ether oxygens (including phenoxy) is 2. The number of amides is 2. The number of hydrogen-bond acceptors (Lipinski definition) is 4. The maximum absolute atomic E-state index is 12.4. The standard InChI is InChI=1S/C20H29ClN2O4/c1-13(2)12-27-19-16(21)10-14(11-17(19)26-3)20(25)22-9-8-18(24)23-15-6-4-5-7-15/h10-11,13,15H,4-9,12H2,1-3H3,(H,22,25)(H,23,24). The lowest BCUT2D eigenvalue weighted by molar-refractivity contribution is -0.121. The zero-order chi connectivity index (χ0) is 19.8. The first-order valence-electron chi connectivity index (χ1n) is 9.48. The average molecular weight is 397 g/mol. The Morgan fingerprint density at radius 1 is 1.26 bits per heavy atom. The summed E-state index contributed by atoms with van der Waals surface area (Å²) in [5, 5.41) is 6.07. The van der Waals surface area contributed by atoms with E-state index in [9.17, 15) is 9.59 Å². The van der Waals surface area contributed by atoms with Crippen molar-refractivity contribution in [2.45, 2.75) is 52.0 Å². The van der Waals surface area contributed by atoms with Gasteiger partial charge >= 0.3 is 0 Å². The van der Waals surface area contributed by atoms with Crippen LogP contribution in [0.15, 0.2) is 12.1 Å². The van der Waals surface area contributed by atoms with Crippen LogP contribution in [0.25, 0.3) is 0 Å². The molecule has 1 aliphatic rings. The monoisotopic (exact) mass is 396 g/mol. The van der Waals surface area contributed by atoms with E-state index in [2.05, 4.69) is 10.6 Å². The van der Waals surface area contributed by atoms with Crippen LogP contribution >= 0.6 is 11.6 Å². The van der Waals surface area contributed by atoms with Crippen LogP contribution in [0.1, 0.15) is 56.3 Å². The first-order valence-corrected chi connectivity index (χ1v) is 9.86. The van der Waals surface area contributed by atoms with Crippen molar-refractivity contribution in [3.63, 3.8) is 0 Å². The van der Waals surface area contributed by atoms with E-state index < -0.39 is 0 Å². The number of nitrogens with one attached hydrogen (secondary N) is 2. The molecule has 7 heteroatoms. The van der Waals surface area contributed by atoms with E-state index in [1.54, 1.807) is 12.1 Å². The van der Waals surface area contributed by atoms with Crippen LogP contribution in [0.3, 0.4) is 0 Å². The van der Waals surface area contributed by atoms with Gasteiger partial charge in [-0.3, -0.25) is 9.59 Å². The van der Waals surface area contributed by atoms with Gasteiger partial charge in [0.25, 0.3) is 5.91 Å². The van der Waals surface area contributed by atoms with Crippen LogP contribution in [0, 0.1) is 5.92 Å². The Kier molecular flexibility index (Phi) is 8.23. The second-order valence-corrected chi connectivity index (χ2v) is 7.66. The summed E-state index contributed by atoms with van der Waals surface area (Å²) in [7, 11) is 1.50. The number of hydrogen-bond donors (Lipinski definition) is 2. The van der Waals surface area contributed by atoms with Crippen LogP contribution in [0.2, 0.25) is 5.02 Å². The topological polar surface area (TPSA) is 76.7 Å². The molecule has 27 heavy (non-hydrogen) atoms. The Labute approximate surface area is 165 Å². The molecule has 0 aliphatic heterocycles. The van der Waals surface area contributed by atoms with Gasteiger partial charge in [-0.05, 0) is 30.9 Å². The van der Waals surface area contributed by atoms with Gasteiger partial charge < -0.3 is 20.1 Å². The Bertz CT molecular complexity index is 658. The van der Waals surface area contributed by atoms with E-state index in [1.165, 1.54) is 20.0 Å². The molecule has 0 atom stereocenters. The zero-order valence-corrected chi connectivity index (χ0v) is 17.0. The molecule has 150 valence electrons. The molecule has 1 saturated carbocycles. The molecule has 2 N–H and O–H groups in total. The fraction of sp³-hybridized carbons (Fsp3) is 0.600. The molecule has 1 aromatic carbocycles. The van der Waals surface area contributed by atoms with Crippen LogP contribution in [-0.4, -0.2) is 38.1 Å². The minimum Gasteiger partial charge on any atom is -0.493 e. The largest absolute Gasteiger partial charge is 0.493 e. The highest BCUT2D eigenvalue weighted by Crippen LogP contribution is 2.36. The van der Waals surface area contributed by atoms with Gasteiger partial charge in [0.1, 0.15) is 0 Å². The van der Waals surface area contributed by atoms with Crippen molar-refractivity contribution in [1.82, 2.24) is 10.6 Å². The summed E-state index contributed by atoms with van der Waals surface area (Å²) < 4.78 is 11.0. The molecule has 1 aromatic rings. The highest BCUT2D eigenvalue weighted by molar-refractivity contribution is 6.32. The molecule has 2 rings (SSSR count). The highest BCUT2D eigenvalue weighted by Gasteiger charge is 2.18. The van der Waals surface area contributed by atoms with Crippen molar-refractivity contribution in [2.24, 2.45) is 5.92 Å². The smallest absolute Gasteiger partial charge is 0.251 e. The molecule has 6 nitrogen and oxygen atoms in total. The predicted molar refractivity (Wildman–Crippen MR) is 106 cm³/mol. The zero-order valence-electron chi connectivity index (χ0n) is 16.3. The summed E-state index contributed by atoms with van der Waals surface area (Å²) >= 11 is 6.27. The second kappa shape index (κ2) is 10.4. The minimum absolute atomic E-state index is 0.0322. The van der Waals surface area contributed by atoms with Crippen molar-refractivity contribution < 1.29 is 19.1 Å². The van der Waals surface area contributed by atoms with Gasteiger partial charge in [-0.25, -0.2) is 0 Å². The number of carbonyl (C=O) groups excluding carboxylic acids is 2. The van der Waals surface area contributed by atoms with E-state index >= 15 is 0 Å². The molecule has 0 radical (unpaired) electrons. The highest BCUT2D eigenvalue weighted by atomic mass is 35.5. The van der Waals surface area contributed by atoms with Crippen molar-refractivity contribution in [3.05, 3.63) is 22.7 Å². The first-order chi connectivity index (χ1) is 12.9. The molecule has 0 heterocycles. The number of halogens is 1. The Balaban J connectivity index is 1.89. The summed E-state index contributed by atoms with van der Waals surface area (Å²) in [4.78, 5) is 24.3. The number of rotatable bonds is 9. The van der Waals surface area contributed by atoms with Crippen LogP contribution in [-0.2, 0) is 4.79 Å².